The van der Waals surface area contributed by atoms with Crippen LogP contribution in [0.1, 0.15) is 13.8 Å². The van der Waals surface area contributed by atoms with E-state index in [2.05, 4.69) is 10.6 Å². The molecule has 0 atom stereocenters. The van der Waals surface area contributed by atoms with Gasteiger partial charge in [0.2, 0.25) is 10.0 Å². The molecule has 1 rings (SSSR count). The van der Waals surface area contributed by atoms with Crippen molar-refractivity contribution < 1.29 is 13.2 Å². The standard InChI is InChI=1S/C13H19Cl2N3O3S/c1-9(2)17-13(19)16-6-7-18(22(3,20)21)10-4-5-11(14)12(15)8-10/h4-5,8-9H,6-7H2,1-3H3,(H2,16,17,19). The average Bonchev–Trinajstić information content (AvgIpc) is 2.36. The Hall–Kier alpha value is -1.18. The van der Waals surface area contributed by atoms with Gasteiger partial charge in [-0.15, -0.1) is 0 Å². The second-order valence-electron chi connectivity index (χ2n) is 4.99. The van der Waals surface area contributed by atoms with E-state index in [4.69, 9.17) is 23.2 Å². The van der Waals surface area contributed by atoms with Gasteiger partial charge in [0, 0.05) is 12.6 Å². The van der Waals surface area contributed by atoms with Gasteiger partial charge in [0.15, 0.2) is 0 Å². The maximum Gasteiger partial charge on any atom is 0.315 e. The number of benzene rings is 1. The monoisotopic (exact) mass is 367 g/mol. The number of carbonyl (C=O) groups is 1. The van der Waals surface area contributed by atoms with Crippen LogP contribution in [0.15, 0.2) is 18.2 Å². The molecule has 22 heavy (non-hydrogen) atoms. The highest BCUT2D eigenvalue weighted by Gasteiger charge is 2.18. The van der Waals surface area contributed by atoms with Crippen molar-refractivity contribution in [2.45, 2.75) is 19.9 Å². The number of halogens is 2. The van der Waals surface area contributed by atoms with Gasteiger partial charge in [-0.05, 0) is 32.0 Å². The molecule has 0 spiro atoms. The summed E-state index contributed by atoms with van der Waals surface area (Å²) in [5, 5.41) is 5.86. The van der Waals surface area contributed by atoms with Crippen LogP contribution in [0.5, 0.6) is 0 Å². The molecule has 0 aliphatic rings. The van der Waals surface area contributed by atoms with Gasteiger partial charge in [-0.3, -0.25) is 4.31 Å². The van der Waals surface area contributed by atoms with Gasteiger partial charge in [0.25, 0.3) is 0 Å². The zero-order chi connectivity index (χ0) is 16.9. The molecular weight excluding hydrogens is 349 g/mol. The Kier molecular flexibility index (Phi) is 6.77. The SMILES string of the molecule is CC(C)NC(=O)NCCN(c1ccc(Cl)c(Cl)c1)S(C)(=O)=O. The fourth-order valence-corrected chi connectivity index (χ4v) is 2.92. The van der Waals surface area contributed by atoms with E-state index < -0.39 is 10.0 Å². The van der Waals surface area contributed by atoms with E-state index in [1.54, 1.807) is 6.07 Å². The highest BCUT2D eigenvalue weighted by Crippen LogP contribution is 2.28. The zero-order valence-corrected chi connectivity index (χ0v) is 14.9. The van der Waals surface area contributed by atoms with Crippen molar-refractivity contribution in [2.24, 2.45) is 0 Å². The van der Waals surface area contributed by atoms with E-state index >= 15 is 0 Å². The Balaban J connectivity index is 2.79. The first-order valence-corrected chi connectivity index (χ1v) is 9.19. The van der Waals surface area contributed by atoms with Crippen LogP contribution in [0.3, 0.4) is 0 Å². The largest absolute Gasteiger partial charge is 0.336 e. The Morgan fingerprint density at radius 1 is 1.27 bits per heavy atom. The summed E-state index contributed by atoms with van der Waals surface area (Å²) in [5.74, 6) is 0. The number of anilines is 1. The van der Waals surface area contributed by atoms with Gasteiger partial charge in [0.1, 0.15) is 0 Å². The van der Waals surface area contributed by atoms with Crippen molar-refractivity contribution >= 4 is 44.9 Å². The topological polar surface area (TPSA) is 78.5 Å². The molecule has 2 amide bonds. The number of hydrogen-bond acceptors (Lipinski definition) is 3. The molecule has 124 valence electrons. The van der Waals surface area contributed by atoms with Crippen LogP contribution in [0.25, 0.3) is 0 Å². The van der Waals surface area contributed by atoms with Gasteiger partial charge < -0.3 is 10.6 Å². The van der Waals surface area contributed by atoms with E-state index in [9.17, 15) is 13.2 Å². The van der Waals surface area contributed by atoms with E-state index in [-0.39, 0.29) is 30.2 Å². The van der Waals surface area contributed by atoms with Gasteiger partial charge >= 0.3 is 6.03 Å². The summed E-state index contributed by atoms with van der Waals surface area (Å²) in [5.41, 5.74) is 0.392. The molecule has 0 unspecified atom stereocenters. The first-order chi connectivity index (χ1) is 10.1. The number of sulfonamides is 1. The van der Waals surface area contributed by atoms with Crippen molar-refractivity contribution in [3.05, 3.63) is 28.2 Å². The quantitative estimate of drug-likeness (QED) is 0.810. The molecule has 0 saturated carbocycles. The molecule has 2 N–H and O–H groups in total. The van der Waals surface area contributed by atoms with Gasteiger partial charge in [-0.1, -0.05) is 23.2 Å². The molecule has 0 aliphatic carbocycles. The summed E-state index contributed by atoms with van der Waals surface area (Å²) < 4.78 is 25.0. The van der Waals surface area contributed by atoms with Crippen molar-refractivity contribution in [3.63, 3.8) is 0 Å². The number of rotatable bonds is 6. The maximum absolute atomic E-state index is 11.9. The third kappa shape index (κ3) is 5.90. The first kappa shape index (κ1) is 18.9. The lowest BCUT2D eigenvalue weighted by atomic mass is 10.3. The molecule has 1 aromatic rings. The van der Waals surface area contributed by atoms with E-state index in [0.29, 0.717) is 10.7 Å². The first-order valence-electron chi connectivity index (χ1n) is 6.58. The van der Waals surface area contributed by atoms with Crippen LogP contribution in [-0.4, -0.2) is 39.8 Å². The highest BCUT2D eigenvalue weighted by molar-refractivity contribution is 7.92. The van der Waals surface area contributed by atoms with Gasteiger partial charge in [-0.25, -0.2) is 13.2 Å². The van der Waals surface area contributed by atoms with Crippen LogP contribution < -0.4 is 14.9 Å². The number of amides is 2. The highest BCUT2D eigenvalue weighted by atomic mass is 35.5. The molecule has 1 aromatic carbocycles. The smallest absolute Gasteiger partial charge is 0.315 e. The van der Waals surface area contributed by atoms with Crippen molar-refractivity contribution in [2.75, 3.05) is 23.7 Å². The summed E-state index contributed by atoms with van der Waals surface area (Å²) in [6.07, 6.45) is 1.09. The normalized spacial score (nSPS) is 11.4. The minimum Gasteiger partial charge on any atom is -0.336 e. The lowest BCUT2D eigenvalue weighted by Crippen LogP contribution is -2.43. The fourth-order valence-electron chi connectivity index (χ4n) is 1.71. The lowest BCUT2D eigenvalue weighted by molar-refractivity contribution is 0.239. The number of carbonyl (C=O) groups excluding carboxylic acids is 1. The predicted molar refractivity (Wildman–Crippen MR) is 90.3 cm³/mol. The molecule has 0 saturated heterocycles. The van der Waals surface area contributed by atoms with Crippen molar-refractivity contribution in [1.29, 1.82) is 0 Å². The van der Waals surface area contributed by atoms with Crippen molar-refractivity contribution in [1.82, 2.24) is 10.6 Å². The number of hydrogen-bond donors (Lipinski definition) is 2. The number of urea groups is 1. The number of nitrogens with one attached hydrogen (secondary N) is 2. The molecule has 6 nitrogen and oxygen atoms in total. The lowest BCUT2D eigenvalue weighted by Gasteiger charge is -2.23. The summed E-state index contributed by atoms with van der Waals surface area (Å²) in [6.45, 7) is 3.91. The fraction of sp³-hybridized carbons (Fsp3) is 0.462. The summed E-state index contributed by atoms with van der Waals surface area (Å²) in [7, 11) is -3.51. The van der Waals surface area contributed by atoms with E-state index in [1.165, 1.54) is 12.1 Å². The van der Waals surface area contributed by atoms with Gasteiger partial charge in [0.05, 0.1) is 28.5 Å². The summed E-state index contributed by atoms with van der Waals surface area (Å²) >= 11 is 11.7. The molecule has 9 heteroatoms. The minimum absolute atomic E-state index is 0.00100. The zero-order valence-electron chi connectivity index (χ0n) is 12.6. The maximum atomic E-state index is 11.9. The average molecular weight is 368 g/mol. The van der Waals surface area contributed by atoms with Crippen molar-refractivity contribution in [3.8, 4) is 0 Å². The van der Waals surface area contributed by atoms with Gasteiger partial charge in [-0.2, -0.15) is 0 Å². The molecule has 0 heterocycles. The molecule has 0 fully saturated rings. The van der Waals surface area contributed by atoms with Crippen LogP contribution in [0.2, 0.25) is 10.0 Å². The van der Waals surface area contributed by atoms with Crippen LogP contribution in [-0.2, 0) is 10.0 Å². The van der Waals surface area contributed by atoms with E-state index in [1.807, 2.05) is 13.8 Å². The Bertz CT molecular complexity index is 635. The predicted octanol–water partition coefficient (Wildman–Crippen LogP) is 2.47. The Morgan fingerprint density at radius 2 is 1.91 bits per heavy atom. The Morgan fingerprint density at radius 3 is 2.41 bits per heavy atom. The molecular formula is C13H19Cl2N3O3S. The molecule has 0 aromatic heterocycles. The van der Waals surface area contributed by atoms with Crippen LogP contribution >= 0.6 is 23.2 Å². The molecule has 0 radical (unpaired) electrons. The third-order valence-corrected chi connectivity index (χ3v) is 4.54. The minimum atomic E-state index is -3.51. The number of nitrogens with zero attached hydrogens (tertiary/aromatic N) is 1. The van der Waals surface area contributed by atoms with Crippen LogP contribution in [0.4, 0.5) is 10.5 Å². The molecule has 0 aliphatic heterocycles. The van der Waals surface area contributed by atoms with E-state index in [0.717, 1.165) is 10.6 Å². The molecule has 0 bridgehead atoms. The summed E-state index contributed by atoms with van der Waals surface area (Å²) in [4.78, 5) is 11.5. The second kappa shape index (κ2) is 7.89. The second-order valence-corrected chi connectivity index (χ2v) is 7.71. The Labute approximate surface area is 140 Å². The third-order valence-electron chi connectivity index (χ3n) is 2.61. The summed E-state index contributed by atoms with van der Waals surface area (Å²) in [6, 6.07) is 4.21. The van der Waals surface area contributed by atoms with Crippen LogP contribution in [0, 0.1) is 0 Å².